The van der Waals surface area contributed by atoms with Crippen molar-refractivity contribution in [2.75, 3.05) is 18.5 Å². The molecule has 0 fully saturated rings. The lowest BCUT2D eigenvalue weighted by atomic mass is 10.2. The summed E-state index contributed by atoms with van der Waals surface area (Å²) < 4.78 is 25.5. The van der Waals surface area contributed by atoms with Crippen LogP contribution in [0.1, 0.15) is 25.2 Å². The smallest absolute Gasteiger partial charge is 0.344 e. The highest BCUT2D eigenvalue weighted by Gasteiger charge is 2.38. The first-order valence-corrected chi connectivity index (χ1v) is 11.1. The number of anilines is 1. The second-order valence-corrected chi connectivity index (χ2v) is 8.90. The summed E-state index contributed by atoms with van der Waals surface area (Å²) in [5.41, 5.74) is 1.13. The van der Waals surface area contributed by atoms with Gasteiger partial charge in [-0.2, -0.15) is 0 Å². The van der Waals surface area contributed by atoms with Crippen molar-refractivity contribution < 1.29 is 18.5 Å². The highest BCUT2D eigenvalue weighted by molar-refractivity contribution is 7.54. The summed E-state index contributed by atoms with van der Waals surface area (Å²) in [6.07, 6.45) is 0. The number of nitrogens with zero attached hydrogens (tertiary/aromatic N) is 2. The van der Waals surface area contributed by atoms with Crippen LogP contribution in [0, 0.1) is 10.1 Å². The van der Waals surface area contributed by atoms with E-state index in [1.54, 1.807) is 26.0 Å². The highest BCUT2D eigenvalue weighted by Crippen LogP contribution is 2.61. The van der Waals surface area contributed by atoms with E-state index in [-0.39, 0.29) is 18.9 Å². The van der Waals surface area contributed by atoms with Crippen LogP contribution in [0.15, 0.2) is 48.5 Å². The number of para-hydroxylation sites is 1. The van der Waals surface area contributed by atoms with E-state index < -0.39 is 18.3 Å². The Labute approximate surface area is 166 Å². The Morgan fingerprint density at radius 2 is 1.89 bits per heavy atom. The average molecular weight is 421 g/mol. The average Bonchev–Trinajstić information content (AvgIpc) is 3.09. The van der Waals surface area contributed by atoms with Crippen LogP contribution < -0.4 is 5.32 Å². The Morgan fingerprint density at radius 1 is 1.18 bits per heavy atom. The molecule has 1 N–H and O–H groups in total. The van der Waals surface area contributed by atoms with Gasteiger partial charge < -0.3 is 14.4 Å². The van der Waals surface area contributed by atoms with Gasteiger partial charge in [-0.05, 0) is 31.5 Å². The maximum absolute atomic E-state index is 13.5. The number of nitro benzene ring substituents is 1. The van der Waals surface area contributed by atoms with E-state index in [4.69, 9.17) is 9.05 Å². The molecule has 8 nitrogen and oxygen atoms in total. The first-order valence-electron chi connectivity index (χ1n) is 8.72. The zero-order valence-corrected chi connectivity index (χ0v) is 17.1. The summed E-state index contributed by atoms with van der Waals surface area (Å²) in [6.45, 7) is 3.77. The zero-order valence-electron chi connectivity index (χ0n) is 15.4. The second-order valence-electron chi connectivity index (χ2n) is 5.76. The van der Waals surface area contributed by atoms with Gasteiger partial charge in [-0.15, -0.1) is 0 Å². The largest absolute Gasteiger partial charge is 0.357 e. The molecule has 0 aliphatic heterocycles. The molecule has 3 rings (SSSR count). The van der Waals surface area contributed by atoms with Crippen LogP contribution in [-0.2, 0) is 13.6 Å². The molecule has 0 saturated heterocycles. The number of hydrogen-bond acceptors (Lipinski definition) is 8. The molecule has 0 amide bonds. The molecule has 1 atom stereocenters. The van der Waals surface area contributed by atoms with Gasteiger partial charge in [0.2, 0.25) is 0 Å². The van der Waals surface area contributed by atoms with Crippen molar-refractivity contribution >= 4 is 40.0 Å². The molecule has 148 valence electrons. The molecule has 0 bridgehead atoms. The van der Waals surface area contributed by atoms with Crippen molar-refractivity contribution in [2.24, 2.45) is 0 Å². The summed E-state index contributed by atoms with van der Waals surface area (Å²) in [7, 11) is -3.68. The summed E-state index contributed by atoms with van der Waals surface area (Å²) in [5, 5.41) is 14.9. The molecular formula is C18H20N3O5PS. The van der Waals surface area contributed by atoms with Gasteiger partial charge in [0.25, 0.3) is 5.69 Å². The molecular weight excluding hydrogens is 401 g/mol. The molecule has 1 aromatic heterocycles. The van der Waals surface area contributed by atoms with Gasteiger partial charge in [-0.25, -0.2) is 4.98 Å². The summed E-state index contributed by atoms with van der Waals surface area (Å²) in [4.78, 5) is 15.2. The van der Waals surface area contributed by atoms with Crippen molar-refractivity contribution in [3.05, 3.63) is 64.2 Å². The number of nitro groups is 1. The number of rotatable bonds is 9. The SMILES string of the molecule is CCOP(=O)(OCC)C(Nc1nc2ccccc2s1)c1cccc([N+](=O)[O-])c1. The summed E-state index contributed by atoms with van der Waals surface area (Å²) >= 11 is 1.39. The fourth-order valence-electron chi connectivity index (χ4n) is 2.75. The Kier molecular flexibility index (Phi) is 6.41. The fraction of sp³-hybridized carbons (Fsp3) is 0.278. The fourth-order valence-corrected chi connectivity index (χ4v) is 5.63. The number of hydrogen-bond donors (Lipinski definition) is 1. The van der Waals surface area contributed by atoms with Crippen LogP contribution in [0.25, 0.3) is 10.2 Å². The first kappa shape index (κ1) is 20.4. The van der Waals surface area contributed by atoms with Gasteiger partial charge in [0.05, 0.1) is 28.4 Å². The van der Waals surface area contributed by atoms with Crippen molar-refractivity contribution in [3.63, 3.8) is 0 Å². The lowest BCUT2D eigenvalue weighted by Gasteiger charge is -2.27. The number of nitrogens with one attached hydrogen (secondary N) is 1. The topological polar surface area (TPSA) is 104 Å². The van der Waals surface area contributed by atoms with Crippen LogP contribution in [-0.4, -0.2) is 23.1 Å². The third-order valence-corrected chi connectivity index (χ3v) is 7.15. The number of aromatic nitrogens is 1. The molecule has 0 aliphatic carbocycles. The molecule has 1 unspecified atom stereocenters. The predicted octanol–water partition coefficient (Wildman–Crippen LogP) is 5.58. The highest BCUT2D eigenvalue weighted by atomic mass is 32.1. The van der Waals surface area contributed by atoms with E-state index >= 15 is 0 Å². The van der Waals surface area contributed by atoms with Crippen molar-refractivity contribution in [1.29, 1.82) is 0 Å². The summed E-state index contributed by atoms with van der Waals surface area (Å²) in [5.74, 6) is -0.937. The predicted molar refractivity (Wildman–Crippen MR) is 110 cm³/mol. The van der Waals surface area contributed by atoms with E-state index in [2.05, 4.69) is 10.3 Å². The second kappa shape index (κ2) is 8.79. The maximum Gasteiger partial charge on any atom is 0.357 e. The van der Waals surface area contributed by atoms with Gasteiger partial charge in [0, 0.05) is 12.1 Å². The quantitative estimate of drug-likeness (QED) is 0.273. The molecule has 10 heteroatoms. The maximum atomic E-state index is 13.5. The minimum atomic E-state index is -3.68. The Bertz CT molecular complexity index is 982. The van der Waals surface area contributed by atoms with Crippen LogP contribution >= 0.6 is 18.9 Å². The molecule has 0 spiro atoms. The van der Waals surface area contributed by atoms with Gasteiger partial charge in [0.1, 0.15) is 0 Å². The van der Waals surface area contributed by atoms with Crippen LogP contribution in [0.4, 0.5) is 10.8 Å². The standard InChI is InChI=1S/C18H20N3O5PS/c1-3-25-27(24,26-4-2)17(13-8-7-9-14(12-13)21(22)23)20-18-19-15-10-5-6-11-16(15)28-18/h5-12,17H,3-4H2,1-2H3,(H,19,20). The lowest BCUT2D eigenvalue weighted by Crippen LogP contribution is -2.15. The van der Waals surface area contributed by atoms with E-state index in [1.807, 2.05) is 24.3 Å². The normalized spacial score (nSPS) is 12.8. The van der Waals surface area contributed by atoms with Crippen LogP contribution in [0.5, 0.6) is 0 Å². The van der Waals surface area contributed by atoms with Gasteiger partial charge in [-0.1, -0.05) is 35.6 Å². The van der Waals surface area contributed by atoms with Crippen molar-refractivity contribution in [1.82, 2.24) is 4.98 Å². The van der Waals surface area contributed by atoms with Gasteiger partial charge >= 0.3 is 7.60 Å². The Hall–Kier alpha value is -2.32. The van der Waals surface area contributed by atoms with Crippen LogP contribution in [0.3, 0.4) is 0 Å². The monoisotopic (exact) mass is 421 g/mol. The molecule has 3 aromatic rings. The molecule has 1 heterocycles. The molecule has 0 aliphatic rings. The number of non-ortho nitro benzene ring substituents is 1. The van der Waals surface area contributed by atoms with E-state index in [9.17, 15) is 14.7 Å². The third-order valence-electron chi connectivity index (χ3n) is 3.89. The minimum absolute atomic E-state index is 0.104. The van der Waals surface area contributed by atoms with E-state index in [0.29, 0.717) is 10.7 Å². The van der Waals surface area contributed by atoms with E-state index in [0.717, 1.165) is 10.2 Å². The lowest BCUT2D eigenvalue weighted by molar-refractivity contribution is -0.384. The molecule has 0 saturated carbocycles. The van der Waals surface area contributed by atoms with Crippen molar-refractivity contribution in [2.45, 2.75) is 19.6 Å². The third kappa shape index (κ3) is 4.39. The Balaban J connectivity index is 2.06. The molecule has 0 radical (unpaired) electrons. The Morgan fingerprint density at radius 3 is 2.54 bits per heavy atom. The molecule has 2 aromatic carbocycles. The van der Waals surface area contributed by atoms with Gasteiger partial charge in [-0.3, -0.25) is 14.7 Å². The number of thiazole rings is 1. The first-order chi connectivity index (χ1) is 13.5. The van der Waals surface area contributed by atoms with Crippen molar-refractivity contribution in [3.8, 4) is 0 Å². The van der Waals surface area contributed by atoms with Gasteiger partial charge in [0.15, 0.2) is 10.9 Å². The number of fused-ring (bicyclic) bond motifs is 1. The number of benzene rings is 2. The van der Waals surface area contributed by atoms with E-state index in [1.165, 1.54) is 23.5 Å². The summed E-state index contributed by atoms with van der Waals surface area (Å²) in [6, 6.07) is 13.6. The zero-order chi connectivity index (χ0) is 20.1. The van der Waals surface area contributed by atoms with Crippen LogP contribution in [0.2, 0.25) is 0 Å². The minimum Gasteiger partial charge on any atom is -0.344 e. The molecule has 28 heavy (non-hydrogen) atoms.